The molecule has 0 unspecified atom stereocenters. The van der Waals surface area contributed by atoms with Crippen molar-refractivity contribution in [3.8, 4) is 10.6 Å². The van der Waals surface area contributed by atoms with Gasteiger partial charge in [-0.15, -0.1) is 11.3 Å². The van der Waals surface area contributed by atoms with Crippen LogP contribution >= 0.6 is 11.3 Å². The first-order chi connectivity index (χ1) is 12.9. The number of benzene rings is 1. The number of hydrogen-bond donors (Lipinski definition) is 1. The topological polar surface area (TPSA) is 88.3 Å². The molecule has 0 saturated carbocycles. The molecule has 0 spiro atoms. The zero-order chi connectivity index (χ0) is 19.1. The number of aromatic nitrogens is 3. The summed E-state index contributed by atoms with van der Waals surface area (Å²) in [6.07, 6.45) is 3.85. The van der Waals surface area contributed by atoms with Crippen LogP contribution in [0.1, 0.15) is 26.5 Å². The van der Waals surface area contributed by atoms with Gasteiger partial charge >= 0.3 is 5.97 Å². The van der Waals surface area contributed by atoms with Gasteiger partial charge in [0.05, 0.1) is 11.9 Å². The van der Waals surface area contributed by atoms with Crippen molar-refractivity contribution in [2.24, 2.45) is 7.05 Å². The van der Waals surface area contributed by atoms with E-state index in [2.05, 4.69) is 10.1 Å². The number of amides is 1. The van der Waals surface area contributed by atoms with Gasteiger partial charge in [0, 0.05) is 31.8 Å². The number of aryl methyl sites for hydroxylation is 2. The van der Waals surface area contributed by atoms with Crippen molar-refractivity contribution < 1.29 is 14.7 Å². The van der Waals surface area contributed by atoms with E-state index >= 15 is 0 Å². The first-order valence-corrected chi connectivity index (χ1v) is 9.32. The number of aliphatic carboxylic acids is 1. The molecular formula is C19H18N4O3S. The lowest BCUT2D eigenvalue weighted by atomic mass is 9.94. The number of carboxylic acids is 1. The average Bonchev–Trinajstić information content (AvgIpc) is 3.25. The van der Waals surface area contributed by atoms with Gasteiger partial charge in [-0.3, -0.25) is 9.48 Å². The number of fused-ring (bicyclic) bond motifs is 1. The number of thiazole rings is 1. The molecule has 0 fully saturated rings. The quantitative estimate of drug-likeness (QED) is 0.752. The highest BCUT2D eigenvalue weighted by Crippen LogP contribution is 2.31. The molecule has 1 atom stereocenters. The monoisotopic (exact) mass is 382 g/mol. The van der Waals surface area contributed by atoms with Crippen LogP contribution in [0.5, 0.6) is 0 Å². The molecular weight excluding hydrogens is 364 g/mol. The Bertz CT molecular complexity index is 1040. The van der Waals surface area contributed by atoms with Crippen molar-refractivity contribution >= 4 is 23.2 Å². The van der Waals surface area contributed by atoms with Crippen molar-refractivity contribution in [2.45, 2.75) is 25.9 Å². The predicted molar refractivity (Wildman–Crippen MR) is 100 cm³/mol. The van der Waals surface area contributed by atoms with Gasteiger partial charge in [0.1, 0.15) is 15.9 Å². The molecule has 0 saturated heterocycles. The Morgan fingerprint density at radius 2 is 2.00 bits per heavy atom. The highest BCUT2D eigenvalue weighted by molar-refractivity contribution is 7.17. The number of carboxylic acid groups (broad SMARTS) is 1. The minimum atomic E-state index is -0.993. The van der Waals surface area contributed by atoms with Crippen LogP contribution in [0.4, 0.5) is 0 Å². The molecule has 0 bridgehead atoms. The first kappa shape index (κ1) is 17.4. The van der Waals surface area contributed by atoms with Crippen LogP contribution in [0, 0.1) is 6.92 Å². The SMILES string of the molecule is Cc1nc(-c2cnn(C)c2)sc1C(=O)N1Cc2ccccc2C[C@H]1C(=O)O. The maximum atomic E-state index is 13.2. The van der Waals surface area contributed by atoms with E-state index in [4.69, 9.17) is 0 Å². The summed E-state index contributed by atoms with van der Waals surface area (Å²) in [5.74, 6) is -1.28. The largest absolute Gasteiger partial charge is 0.480 e. The van der Waals surface area contributed by atoms with Gasteiger partial charge in [0.25, 0.3) is 5.91 Å². The molecule has 1 aromatic carbocycles. The van der Waals surface area contributed by atoms with Crippen LogP contribution in [-0.2, 0) is 24.8 Å². The van der Waals surface area contributed by atoms with Crippen LogP contribution in [0.3, 0.4) is 0 Å². The summed E-state index contributed by atoms with van der Waals surface area (Å²) >= 11 is 1.27. The van der Waals surface area contributed by atoms with E-state index in [1.54, 1.807) is 17.8 Å². The summed E-state index contributed by atoms with van der Waals surface area (Å²) in [7, 11) is 1.82. The molecule has 8 heteroatoms. The van der Waals surface area contributed by atoms with Crippen molar-refractivity contribution in [3.63, 3.8) is 0 Å². The second-order valence-electron chi connectivity index (χ2n) is 6.60. The van der Waals surface area contributed by atoms with E-state index < -0.39 is 12.0 Å². The molecule has 0 aliphatic carbocycles. The third kappa shape index (κ3) is 3.12. The average molecular weight is 382 g/mol. The van der Waals surface area contributed by atoms with E-state index in [0.717, 1.165) is 16.7 Å². The Labute approximate surface area is 159 Å². The molecule has 0 radical (unpaired) electrons. The third-order valence-electron chi connectivity index (χ3n) is 4.74. The second kappa shape index (κ2) is 6.62. The lowest BCUT2D eigenvalue weighted by Gasteiger charge is -2.34. The Kier molecular flexibility index (Phi) is 4.27. The number of rotatable bonds is 3. The summed E-state index contributed by atoms with van der Waals surface area (Å²) in [6.45, 7) is 2.06. The highest BCUT2D eigenvalue weighted by atomic mass is 32.1. The molecule has 1 aliphatic rings. The van der Waals surface area contributed by atoms with E-state index in [1.807, 2.05) is 37.5 Å². The summed E-state index contributed by atoms with van der Waals surface area (Å²) in [5.41, 5.74) is 3.40. The van der Waals surface area contributed by atoms with Crippen LogP contribution in [0.25, 0.3) is 10.6 Å². The van der Waals surface area contributed by atoms with Gasteiger partial charge in [-0.2, -0.15) is 5.10 Å². The molecule has 7 nitrogen and oxygen atoms in total. The fraction of sp³-hybridized carbons (Fsp3) is 0.263. The second-order valence-corrected chi connectivity index (χ2v) is 7.60. The van der Waals surface area contributed by atoms with Gasteiger partial charge in [-0.25, -0.2) is 9.78 Å². The molecule has 1 amide bonds. The minimum Gasteiger partial charge on any atom is -0.480 e. The van der Waals surface area contributed by atoms with Crippen LogP contribution < -0.4 is 0 Å². The zero-order valence-corrected chi connectivity index (χ0v) is 15.7. The number of carbonyl (C=O) groups is 2. The summed E-state index contributed by atoms with van der Waals surface area (Å²) in [6, 6.07) is 6.78. The van der Waals surface area contributed by atoms with Gasteiger partial charge in [-0.05, 0) is 18.1 Å². The summed E-state index contributed by atoms with van der Waals surface area (Å²) < 4.78 is 1.68. The van der Waals surface area contributed by atoms with Crippen LogP contribution in [0.15, 0.2) is 36.7 Å². The number of hydrogen-bond acceptors (Lipinski definition) is 5. The van der Waals surface area contributed by atoms with Gasteiger partial charge in [0.2, 0.25) is 0 Å². The Morgan fingerprint density at radius 3 is 2.67 bits per heavy atom. The Morgan fingerprint density at radius 1 is 1.26 bits per heavy atom. The van der Waals surface area contributed by atoms with Gasteiger partial charge in [-0.1, -0.05) is 24.3 Å². The van der Waals surface area contributed by atoms with Gasteiger partial charge < -0.3 is 10.0 Å². The fourth-order valence-corrected chi connectivity index (χ4v) is 4.33. The Hall–Kier alpha value is -3.00. The van der Waals surface area contributed by atoms with Crippen molar-refractivity contribution in [3.05, 3.63) is 58.4 Å². The maximum absolute atomic E-state index is 13.2. The standard InChI is InChI=1S/C19H18N4O3S/c1-11-16(27-17(21-11)14-8-20-22(2)9-14)18(24)23-10-13-6-4-3-5-12(13)7-15(23)19(25)26/h3-6,8-9,15H,7,10H2,1-2H3,(H,25,26)/t15-/m0/s1. The van der Waals surface area contributed by atoms with Crippen LogP contribution in [-0.4, -0.2) is 42.7 Å². The molecule has 3 aromatic rings. The predicted octanol–water partition coefficient (Wildman–Crippen LogP) is 2.50. The highest BCUT2D eigenvalue weighted by Gasteiger charge is 2.36. The molecule has 1 aliphatic heterocycles. The summed E-state index contributed by atoms with van der Waals surface area (Å²) in [5, 5.41) is 14.5. The van der Waals surface area contributed by atoms with Crippen molar-refractivity contribution in [1.82, 2.24) is 19.7 Å². The van der Waals surface area contributed by atoms with E-state index in [1.165, 1.54) is 16.2 Å². The summed E-state index contributed by atoms with van der Waals surface area (Å²) in [4.78, 5) is 31.4. The number of carbonyl (C=O) groups excluding carboxylic acids is 1. The zero-order valence-electron chi connectivity index (χ0n) is 14.9. The molecule has 3 heterocycles. The lowest BCUT2D eigenvalue weighted by molar-refractivity contribution is -0.142. The fourth-order valence-electron chi connectivity index (χ4n) is 3.34. The first-order valence-electron chi connectivity index (χ1n) is 8.51. The van der Waals surface area contributed by atoms with E-state index in [0.29, 0.717) is 22.0 Å². The smallest absolute Gasteiger partial charge is 0.326 e. The third-order valence-corrected chi connectivity index (χ3v) is 5.93. The van der Waals surface area contributed by atoms with E-state index in [-0.39, 0.29) is 12.5 Å². The molecule has 1 N–H and O–H groups in total. The minimum absolute atomic E-state index is 0.283. The number of nitrogens with zero attached hydrogens (tertiary/aromatic N) is 4. The molecule has 138 valence electrons. The molecule has 2 aromatic heterocycles. The Balaban J connectivity index is 1.69. The van der Waals surface area contributed by atoms with Gasteiger partial charge in [0.15, 0.2) is 0 Å². The lowest BCUT2D eigenvalue weighted by Crippen LogP contribution is -2.48. The van der Waals surface area contributed by atoms with E-state index in [9.17, 15) is 14.7 Å². The van der Waals surface area contributed by atoms with Crippen molar-refractivity contribution in [2.75, 3.05) is 0 Å². The molecule has 4 rings (SSSR count). The van der Waals surface area contributed by atoms with Crippen LogP contribution in [0.2, 0.25) is 0 Å². The maximum Gasteiger partial charge on any atom is 0.326 e. The normalized spacial score (nSPS) is 16.2. The van der Waals surface area contributed by atoms with Crippen molar-refractivity contribution in [1.29, 1.82) is 0 Å². The molecule has 27 heavy (non-hydrogen) atoms.